The Morgan fingerprint density at radius 1 is 1.19 bits per heavy atom. The Morgan fingerprint density at radius 3 is 2.54 bits per heavy atom. The molecule has 2 N–H and O–H groups in total. The Hall–Kier alpha value is -2.38. The van der Waals surface area contributed by atoms with Crippen LogP contribution < -0.4 is 14.8 Å². The molecule has 0 bridgehead atoms. The smallest absolute Gasteiger partial charge is 0.244 e. The number of nitrogens with one attached hydrogen (secondary N) is 2. The van der Waals surface area contributed by atoms with Crippen LogP contribution in [-0.4, -0.2) is 27.5 Å². The second-order valence-corrected chi connectivity index (χ2v) is 7.68. The van der Waals surface area contributed by atoms with Gasteiger partial charge in [-0.05, 0) is 49.6 Å². The molecule has 0 aliphatic carbocycles. The molecule has 6 nitrogen and oxygen atoms in total. The number of carbonyl (C=O) groups excluding carboxylic acids is 1. The number of methoxy groups -OCH3 is 1. The van der Waals surface area contributed by atoms with E-state index in [4.69, 9.17) is 4.74 Å². The minimum Gasteiger partial charge on any atom is -0.495 e. The zero-order valence-corrected chi connectivity index (χ0v) is 16.2. The minimum absolute atomic E-state index is 0.00797. The summed E-state index contributed by atoms with van der Waals surface area (Å²) in [6.07, 6.45) is 0.761. The highest BCUT2D eigenvalue weighted by molar-refractivity contribution is 7.89. The lowest BCUT2D eigenvalue weighted by molar-refractivity contribution is -0.117. The largest absolute Gasteiger partial charge is 0.495 e. The van der Waals surface area contributed by atoms with E-state index in [-0.39, 0.29) is 10.6 Å². The van der Waals surface area contributed by atoms with Gasteiger partial charge in [0.15, 0.2) is 0 Å². The number of ether oxygens (including phenoxy) is 1. The number of anilines is 1. The van der Waals surface area contributed by atoms with E-state index in [1.54, 1.807) is 25.1 Å². The minimum atomic E-state index is -3.91. The molecule has 1 amide bonds. The molecule has 2 aromatic rings. The number of rotatable bonds is 7. The zero-order valence-electron chi connectivity index (χ0n) is 15.4. The van der Waals surface area contributed by atoms with Crippen molar-refractivity contribution in [1.82, 2.24) is 4.72 Å². The molecule has 0 aromatic heterocycles. The highest BCUT2D eigenvalue weighted by atomic mass is 32.2. The first-order chi connectivity index (χ1) is 12.3. The maximum absolute atomic E-state index is 12.7. The van der Waals surface area contributed by atoms with Crippen molar-refractivity contribution >= 4 is 21.6 Å². The van der Waals surface area contributed by atoms with E-state index < -0.39 is 22.0 Å². The highest BCUT2D eigenvalue weighted by Gasteiger charge is 2.25. The predicted octanol–water partition coefficient (Wildman–Crippen LogP) is 2.87. The molecule has 0 fully saturated rings. The third kappa shape index (κ3) is 4.62. The van der Waals surface area contributed by atoms with Gasteiger partial charge >= 0.3 is 0 Å². The molecule has 1 unspecified atom stereocenters. The molecule has 2 rings (SSSR count). The number of para-hydroxylation sites is 1. The van der Waals surface area contributed by atoms with E-state index >= 15 is 0 Å². The molecule has 0 heterocycles. The van der Waals surface area contributed by atoms with Crippen molar-refractivity contribution in [3.05, 3.63) is 53.6 Å². The Bertz CT molecular complexity index is 894. The molecule has 0 saturated heterocycles. The van der Waals surface area contributed by atoms with Crippen LogP contribution in [0.15, 0.2) is 47.4 Å². The number of sulfonamides is 1. The van der Waals surface area contributed by atoms with Crippen LogP contribution >= 0.6 is 0 Å². The van der Waals surface area contributed by atoms with Crippen LogP contribution in [0.2, 0.25) is 0 Å². The van der Waals surface area contributed by atoms with E-state index in [1.165, 1.54) is 20.1 Å². The lowest BCUT2D eigenvalue weighted by atomic mass is 10.1. The highest BCUT2D eigenvalue weighted by Crippen LogP contribution is 2.25. The van der Waals surface area contributed by atoms with Gasteiger partial charge in [0, 0.05) is 5.69 Å². The normalized spacial score (nSPS) is 12.5. The van der Waals surface area contributed by atoms with Gasteiger partial charge in [-0.3, -0.25) is 4.79 Å². The summed E-state index contributed by atoms with van der Waals surface area (Å²) in [5, 5.41) is 2.78. The summed E-state index contributed by atoms with van der Waals surface area (Å²) in [7, 11) is -2.51. The average Bonchev–Trinajstić information content (AvgIpc) is 2.61. The first-order valence-electron chi connectivity index (χ1n) is 8.34. The molecule has 1 atom stereocenters. The fourth-order valence-electron chi connectivity index (χ4n) is 2.54. The molecule has 7 heteroatoms. The molecule has 0 radical (unpaired) electrons. The number of aryl methyl sites for hydroxylation is 2. The Labute approximate surface area is 154 Å². The fraction of sp³-hybridized carbons (Fsp3) is 0.316. The third-order valence-corrected chi connectivity index (χ3v) is 5.55. The molecule has 0 spiro atoms. The number of carbonyl (C=O) groups is 1. The lowest BCUT2D eigenvalue weighted by Gasteiger charge is -2.17. The van der Waals surface area contributed by atoms with Crippen molar-refractivity contribution in [3.8, 4) is 5.75 Å². The van der Waals surface area contributed by atoms with Crippen molar-refractivity contribution in [3.63, 3.8) is 0 Å². The van der Waals surface area contributed by atoms with Gasteiger partial charge in [-0.2, -0.15) is 4.72 Å². The van der Waals surface area contributed by atoms with Crippen molar-refractivity contribution in [2.24, 2.45) is 0 Å². The first kappa shape index (κ1) is 19.9. The molecule has 2 aromatic carbocycles. The van der Waals surface area contributed by atoms with Gasteiger partial charge in [0.1, 0.15) is 10.6 Å². The predicted molar refractivity (Wildman–Crippen MR) is 102 cm³/mol. The first-order valence-corrected chi connectivity index (χ1v) is 9.82. The SMILES string of the molecule is CCc1ccccc1NC(=O)C(C)NS(=O)(=O)c1cc(C)ccc1OC. The monoisotopic (exact) mass is 376 g/mol. The van der Waals surface area contributed by atoms with Gasteiger partial charge in [0.05, 0.1) is 13.2 Å². The Morgan fingerprint density at radius 2 is 1.88 bits per heavy atom. The van der Waals surface area contributed by atoms with E-state index in [0.717, 1.165) is 17.5 Å². The number of benzene rings is 2. The van der Waals surface area contributed by atoms with Crippen LogP contribution in [0.25, 0.3) is 0 Å². The molecular weight excluding hydrogens is 352 g/mol. The van der Waals surface area contributed by atoms with Crippen molar-refractivity contribution in [1.29, 1.82) is 0 Å². The summed E-state index contributed by atoms with van der Waals surface area (Å²) in [6, 6.07) is 11.3. The van der Waals surface area contributed by atoms with Gasteiger partial charge in [0.25, 0.3) is 0 Å². The maximum atomic E-state index is 12.7. The number of amides is 1. The molecule has 0 saturated carbocycles. The lowest BCUT2D eigenvalue weighted by Crippen LogP contribution is -2.41. The second kappa shape index (κ2) is 8.33. The Balaban J connectivity index is 2.19. The third-order valence-electron chi connectivity index (χ3n) is 3.99. The maximum Gasteiger partial charge on any atom is 0.244 e. The summed E-state index contributed by atoms with van der Waals surface area (Å²) < 4.78 is 32.9. The zero-order chi connectivity index (χ0) is 19.3. The standard InChI is InChI=1S/C19H24N2O4S/c1-5-15-8-6-7-9-16(15)20-19(22)14(3)21-26(23,24)18-12-13(2)10-11-17(18)25-4/h6-12,14,21H,5H2,1-4H3,(H,20,22). The van der Waals surface area contributed by atoms with Gasteiger partial charge in [-0.1, -0.05) is 31.2 Å². The van der Waals surface area contributed by atoms with E-state index in [2.05, 4.69) is 10.0 Å². The van der Waals surface area contributed by atoms with E-state index in [9.17, 15) is 13.2 Å². The Kier molecular flexibility index (Phi) is 6.39. The van der Waals surface area contributed by atoms with Crippen molar-refractivity contribution < 1.29 is 17.9 Å². The summed E-state index contributed by atoms with van der Waals surface area (Å²) >= 11 is 0. The summed E-state index contributed by atoms with van der Waals surface area (Å²) in [5.74, 6) is -0.201. The summed E-state index contributed by atoms with van der Waals surface area (Å²) in [4.78, 5) is 12.4. The van der Waals surface area contributed by atoms with Crippen molar-refractivity contribution in [2.75, 3.05) is 12.4 Å². The summed E-state index contributed by atoms with van der Waals surface area (Å²) in [6.45, 7) is 5.28. The summed E-state index contributed by atoms with van der Waals surface area (Å²) in [5.41, 5.74) is 2.44. The second-order valence-electron chi connectivity index (χ2n) is 6.00. The molecule has 0 aliphatic rings. The van der Waals surface area contributed by atoms with Gasteiger partial charge < -0.3 is 10.1 Å². The van der Waals surface area contributed by atoms with Crippen molar-refractivity contribution in [2.45, 2.75) is 38.1 Å². The average molecular weight is 376 g/mol. The van der Waals surface area contributed by atoms with Crippen LogP contribution in [0, 0.1) is 6.92 Å². The molecule has 26 heavy (non-hydrogen) atoms. The van der Waals surface area contributed by atoms with Crippen LogP contribution in [-0.2, 0) is 21.2 Å². The van der Waals surface area contributed by atoms with Gasteiger partial charge in [-0.15, -0.1) is 0 Å². The van der Waals surface area contributed by atoms with Crippen LogP contribution in [0.4, 0.5) is 5.69 Å². The fourth-order valence-corrected chi connectivity index (χ4v) is 3.99. The van der Waals surface area contributed by atoms with Crippen LogP contribution in [0.1, 0.15) is 25.0 Å². The van der Waals surface area contributed by atoms with E-state index in [1.807, 2.05) is 25.1 Å². The quantitative estimate of drug-likeness (QED) is 0.778. The molecular formula is C19H24N2O4S. The van der Waals surface area contributed by atoms with Gasteiger partial charge in [0.2, 0.25) is 15.9 Å². The number of hydrogen-bond donors (Lipinski definition) is 2. The van der Waals surface area contributed by atoms with Crippen LogP contribution in [0.5, 0.6) is 5.75 Å². The van der Waals surface area contributed by atoms with E-state index in [0.29, 0.717) is 5.69 Å². The van der Waals surface area contributed by atoms with Gasteiger partial charge in [-0.25, -0.2) is 8.42 Å². The molecule has 140 valence electrons. The molecule has 0 aliphatic heterocycles. The topological polar surface area (TPSA) is 84.5 Å². The number of hydrogen-bond acceptors (Lipinski definition) is 4. The van der Waals surface area contributed by atoms with Crippen LogP contribution in [0.3, 0.4) is 0 Å².